The van der Waals surface area contributed by atoms with Crippen molar-refractivity contribution in [2.45, 2.75) is 19.9 Å². The summed E-state index contributed by atoms with van der Waals surface area (Å²) in [5.41, 5.74) is 7.73. The minimum Gasteiger partial charge on any atom is -0.507 e. The Kier molecular flexibility index (Phi) is 5.49. The summed E-state index contributed by atoms with van der Waals surface area (Å²) in [7, 11) is 0. The molecule has 0 atom stereocenters. The maximum atomic E-state index is 12.7. The van der Waals surface area contributed by atoms with E-state index in [4.69, 9.17) is 5.73 Å². The molecule has 116 valence electrons. The van der Waals surface area contributed by atoms with E-state index in [1.54, 1.807) is 29.4 Å². The van der Waals surface area contributed by atoms with Crippen LogP contribution in [0.15, 0.2) is 42.7 Å². The Hall–Kier alpha value is -2.40. The average Bonchev–Trinajstić information content (AvgIpc) is 2.52. The third kappa shape index (κ3) is 4.05. The first-order chi connectivity index (χ1) is 10.6. The molecule has 0 aliphatic carbocycles. The molecule has 5 heteroatoms. The Morgan fingerprint density at radius 2 is 2.18 bits per heavy atom. The van der Waals surface area contributed by atoms with Gasteiger partial charge in [-0.2, -0.15) is 0 Å². The smallest absolute Gasteiger partial charge is 0.257 e. The molecule has 3 N–H and O–H groups in total. The largest absolute Gasteiger partial charge is 0.507 e. The summed E-state index contributed by atoms with van der Waals surface area (Å²) in [5.74, 6) is -0.191. The number of carbonyl (C=O) groups excluding carboxylic acids is 1. The van der Waals surface area contributed by atoms with Gasteiger partial charge in [-0.05, 0) is 49.2 Å². The van der Waals surface area contributed by atoms with Gasteiger partial charge in [0.1, 0.15) is 5.75 Å². The maximum absolute atomic E-state index is 12.7. The first kappa shape index (κ1) is 16.0. The van der Waals surface area contributed by atoms with E-state index in [9.17, 15) is 9.90 Å². The van der Waals surface area contributed by atoms with Crippen molar-refractivity contribution in [1.82, 2.24) is 9.88 Å². The molecule has 1 aromatic heterocycles. The number of rotatable bonds is 6. The third-order valence-corrected chi connectivity index (χ3v) is 3.40. The fourth-order valence-electron chi connectivity index (χ4n) is 2.24. The molecular weight excluding hydrogens is 278 g/mol. The van der Waals surface area contributed by atoms with Gasteiger partial charge in [-0.25, -0.2) is 0 Å². The molecule has 0 unspecified atom stereocenters. The minimum absolute atomic E-state index is 0.00827. The number of aryl methyl sites for hydroxylation is 1. The van der Waals surface area contributed by atoms with Crippen LogP contribution in [-0.4, -0.2) is 34.0 Å². The zero-order valence-corrected chi connectivity index (χ0v) is 12.7. The van der Waals surface area contributed by atoms with E-state index in [-0.39, 0.29) is 11.7 Å². The van der Waals surface area contributed by atoms with Crippen molar-refractivity contribution < 1.29 is 9.90 Å². The van der Waals surface area contributed by atoms with Gasteiger partial charge in [-0.15, -0.1) is 0 Å². The molecule has 1 amide bonds. The Bertz CT molecular complexity index is 629. The van der Waals surface area contributed by atoms with Crippen LogP contribution in [-0.2, 0) is 6.54 Å². The normalized spacial score (nSPS) is 10.5. The van der Waals surface area contributed by atoms with E-state index in [0.717, 1.165) is 11.1 Å². The summed E-state index contributed by atoms with van der Waals surface area (Å²) in [6.45, 7) is 3.37. The van der Waals surface area contributed by atoms with E-state index in [1.807, 2.05) is 25.1 Å². The summed E-state index contributed by atoms with van der Waals surface area (Å²) in [6.07, 6.45) is 4.14. The predicted octanol–water partition coefficient (Wildman–Crippen LogP) is 2.09. The Labute approximate surface area is 130 Å². The van der Waals surface area contributed by atoms with Crippen LogP contribution in [0.1, 0.15) is 27.9 Å². The lowest BCUT2D eigenvalue weighted by atomic mass is 10.1. The number of phenolic OH excluding ortho intramolecular Hbond substituents is 1. The van der Waals surface area contributed by atoms with Crippen LogP contribution in [0.25, 0.3) is 0 Å². The molecule has 0 saturated carbocycles. The second-order valence-electron chi connectivity index (χ2n) is 5.25. The third-order valence-electron chi connectivity index (χ3n) is 3.40. The number of pyridine rings is 1. The summed E-state index contributed by atoms with van der Waals surface area (Å²) in [4.78, 5) is 18.4. The first-order valence-corrected chi connectivity index (χ1v) is 7.29. The highest BCUT2D eigenvalue weighted by Gasteiger charge is 2.19. The first-order valence-electron chi connectivity index (χ1n) is 7.29. The van der Waals surface area contributed by atoms with Crippen LogP contribution in [0.2, 0.25) is 0 Å². The highest BCUT2D eigenvalue weighted by molar-refractivity contribution is 5.96. The van der Waals surface area contributed by atoms with Gasteiger partial charge in [0, 0.05) is 25.5 Å². The van der Waals surface area contributed by atoms with E-state index < -0.39 is 0 Å². The van der Waals surface area contributed by atoms with Crippen molar-refractivity contribution in [2.24, 2.45) is 5.73 Å². The van der Waals surface area contributed by atoms with Crippen LogP contribution in [0.3, 0.4) is 0 Å². The molecular formula is C17H21N3O2. The number of carbonyl (C=O) groups is 1. The van der Waals surface area contributed by atoms with Crippen LogP contribution >= 0.6 is 0 Å². The molecule has 0 radical (unpaired) electrons. The fourth-order valence-corrected chi connectivity index (χ4v) is 2.24. The number of phenols is 1. The number of hydrogen-bond acceptors (Lipinski definition) is 4. The average molecular weight is 299 g/mol. The molecule has 0 fully saturated rings. The maximum Gasteiger partial charge on any atom is 0.257 e. The monoisotopic (exact) mass is 299 g/mol. The van der Waals surface area contributed by atoms with Gasteiger partial charge < -0.3 is 15.7 Å². The highest BCUT2D eigenvalue weighted by Crippen LogP contribution is 2.21. The van der Waals surface area contributed by atoms with Crippen molar-refractivity contribution in [3.05, 3.63) is 59.4 Å². The summed E-state index contributed by atoms with van der Waals surface area (Å²) >= 11 is 0. The van der Waals surface area contributed by atoms with Crippen LogP contribution in [0, 0.1) is 6.92 Å². The lowest BCUT2D eigenvalue weighted by Crippen LogP contribution is -2.32. The second kappa shape index (κ2) is 7.56. The number of benzene rings is 1. The van der Waals surface area contributed by atoms with Crippen molar-refractivity contribution in [3.63, 3.8) is 0 Å². The van der Waals surface area contributed by atoms with Crippen LogP contribution < -0.4 is 5.73 Å². The molecule has 0 spiro atoms. The SMILES string of the molecule is Cc1ccc(C(=O)N(CCCN)Cc2cccnc2)c(O)c1. The van der Waals surface area contributed by atoms with Crippen molar-refractivity contribution >= 4 is 5.91 Å². The quantitative estimate of drug-likeness (QED) is 0.856. The summed E-state index contributed by atoms with van der Waals surface area (Å²) in [5, 5.41) is 10.0. The predicted molar refractivity (Wildman–Crippen MR) is 85.5 cm³/mol. The van der Waals surface area contributed by atoms with Gasteiger partial charge in [0.05, 0.1) is 5.56 Å². The Morgan fingerprint density at radius 1 is 1.36 bits per heavy atom. The summed E-state index contributed by atoms with van der Waals surface area (Å²) < 4.78 is 0. The zero-order valence-electron chi connectivity index (χ0n) is 12.7. The van der Waals surface area contributed by atoms with Crippen molar-refractivity contribution in [1.29, 1.82) is 0 Å². The number of aromatic nitrogens is 1. The zero-order chi connectivity index (χ0) is 15.9. The van der Waals surface area contributed by atoms with Gasteiger partial charge in [0.25, 0.3) is 5.91 Å². The molecule has 0 aliphatic rings. The van der Waals surface area contributed by atoms with Gasteiger partial charge in [0.2, 0.25) is 0 Å². The van der Waals surface area contributed by atoms with E-state index >= 15 is 0 Å². The lowest BCUT2D eigenvalue weighted by Gasteiger charge is -2.23. The van der Waals surface area contributed by atoms with Crippen LogP contribution in [0.4, 0.5) is 0 Å². The number of aromatic hydroxyl groups is 1. The Morgan fingerprint density at radius 3 is 2.82 bits per heavy atom. The highest BCUT2D eigenvalue weighted by atomic mass is 16.3. The van der Waals surface area contributed by atoms with E-state index in [2.05, 4.69) is 4.98 Å². The van der Waals surface area contributed by atoms with Gasteiger partial charge in [0.15, 0.2) is 0 Å². The molecule has 5 nitrogen and oxygen atoms in total. The van der Waals surface area contributed by atoms with Crippen LogP contribution in [0.5, 0.6) is 5.75 Å². The van der Waals surface area contributed by atoms with Gasteiger partial charge in [-0.1, -0.05) is 12.1 Å². The molecule has 0 aliphatic heterocycles. The lowest BCUT2D eigenvalue weighted by molar-refractivity contribution is 0.0739. The number of amides is 1. The molecule has 0 bridgehead atoms. The van der Waals surface area contributed by atoms with Crippen molar-refractivity contribution in [2.75, 3.05) is 13.1 Å². The molecule has 2 rings (SSSR count). The summed E-state index contributed by atoms with van der Waals surface area (Å²) in [6, 6.07) is 8.83. The minimum atomic E-state index is -0.199. The molecule has 1 heterocycles. The Balaban J connectivity index is 2.22. The van der Waals surface area contributed by atoms with Gasteiger partial charge in [-0.3, -0.25) is 9.78 Å². The topological polar surface area (TPSA) is 79.5 Å². The van der Waals surface area contributed by atoms with E-state index in [0.29, 0.717) is 31.6 Å². The fraction of sp³-hybridized carbons (Fsp3) is 0.294. The number of nitrogens with two attached hydrogens (primary N) is 1. The standard InChI is InChI=1S/C17H21N3O2/c1-13-5-6-15(16(21)10-13)17(22)20(9-3-7-18)12-14-4-2-8-19-11-14/h2,4-6,8,10-11,21H,3,7,9,12,18H2,1H3. The second-order valence-corrected chi connectivity index (χ2v) is 5.25. The molecule has 2 aromatic rings. The number of hydrogen-bond donors (Lipinski definition) is 2. The molecule has 1 aromatic carbocycles. The number of nitrogens with zero attached hydrogens (tertiary/aromatic N) is 2. The van der Waals surface area contributed by atoms with Crippen molar-refractivity contribution in [3.8, 4) is 5.75 Å². The molecule has 22 heavy (non-hydrogen) atoms. The van der Waals surface area contributed by atoms with Gasteiger partial charge >= 0.3 is 0 Å². The molecule has 0 saturated heterocycles. The van der Waals surface area contributed by atoms with E-state index in [1.165, 1.54) is 0 Å².